The van der Waals surface area contributed by atoms with E-state index in [0.717, 1.165) is 18.7 Å². The Morgan fingerprint density at radius 1 is 1.32 bits per heavy atom. The zero-order chi connectivity index (χ0) is 13.9. The SMILES string of the molecule is CCN(C1CNC1)S(=O)(=O)CC(C)c1ccccc1. The summed E-state index contributed by atoms with van der Waals surface area (Å²) in [6, 6.07) is 9.96. The molecule has 1 saturated heterocycles. The minimum Gasteiger partial charge on any atom is -0.313 e. The molecule has 1 N–H and O–H groups in total. The van der Waals surface area contributed by atoms with Crippen molar-refractivity contribution in [2.45, 2.75) is 25.8 Å². The van der Waals surface area contributed by atoms with Gasteiger partial charge < -0.3 is 5.32 Å². The van der Waals surface area contributed by atoms with Crippen LogP contribution in [0.3, 0.4) is 0 Å². The molecule has 0 spiro atoms. The fourth-order valence-corrected chi connectivity index (χ4v) is 4.46. The zero-order valence-corrected chi connectivity index (χ0v) is 12.4. The van der Waals surface area contributed by atoms with E-state index in [1.807, 2.05) is 44.2 Å². The number of rotatable bonds is 6. The van der Waals surface area contributed by atoms with E-state index in [0.29, 0.717) is 6.54 Å². The molecule has 0 bridgehead atoms. The minimum absolute atomic E-state index is 0.0216. The maximum absolute atomic E-state index is 12.5. The van der Waals surface area contributed by atoms with Gasteiger partial charge in [0.05, 0.1) is 5.75 Å². The summed E-state index contributed by atoms with van der Waals surface area (Å²) in [5.74, 6) is 0.203. The summed E-state index contributed by atoms with van der Waals surface area (Å²) in [6.07, 6.45) is 0. The highest BCUT2D eigenvalue weighted by molar-refractivity contribution is 7.89. The fraction of sp³-hybridized carbons (Fsp3) is 0.571. The maximum atomic E-state index is 12.5. The normalized spacial score (nSPS) is 18.3. The van der Waals surface area contributed by atoms with Crippen LogP contribution in [-0.2, 0) is 10.0 Å². The Morgan fingerprint density at radius 3 is 2.42 bits per heavy atom. The van der Waals surface area contributed by atoms with E-state index < -0.39 is 10.0 Å². The molecule has 1 aliphatic rings. The second-order valence-electron chi connectivity index (χ2n) is 5.11. The molecule has 1 aromatic carbocycles. The molecule has 0 amide bonds. The average Bonchev–Trinajstić information content (AvgIpc) is 2.33. The predicted octanol–water partition coefficient (Wildman–Crippen LogP) is 1.41. The first-order chi connectivity index (χ1) is 9.04. The van der Waals surface area contributed by atoms with Crippen molar-refractivity contribution in [1.82, 2.24) is 9.62 Å². The molecule has 106 valence electrons. The Balaban J connectivity index is 2.07. The van der Waals surface area contributed by atoms with Gasteiger partial charge in [0.1, 0.15) is 0 Å². The van der Waals surface area contributed by atoms with Gasteiger partial charge in [-0.2, -0.15) is 4.31 Å². The molecule has 1 unspecified atom stereocenters. The van der Waals surface area contributed by atoms with E-state index in [9.17, 15) is 8.42 Å². The van der Waals surface area contributed by atoms with E-state index in [1.165, 1.54) is 0 Å². The standard InChI is InChI=1S/C14H22N2O2S/c1-3-16(14-9-15-10-14)19(17,18)11-12(2)13-7-5-4-6-8-13/h4-8,12,14-15H,3,9-11H2,1-2H3. The summed E-state index contributed by atoms with van der Waals surface area (Å²) < 4.78 is 26.6. The lowest BCUT2D eigenvalue weighted by molar-refractivity contribution is 0.249. The van der Waals surface area contributed by atoms with E-state index >= 15 is 0 Å². The van der Waals surface area contributed by atoms with E-state index in [4.69, 9.17) is 0 Å². The molecular weight excluding hydrogens is 260 g/mol. The van der Waals surface area contributed by atoms with Gasteiger partial charge in [0.15, 0.2) is 0 Å². The molecule has 0 aliphatic carbocycles. The van der Waals surface area contributed by atoms with Crippen molar-refractivity contribution in [3.05, 3.63) is 35.9 Å². The Morgan fingerprint density at radius 2 is 1.95 bits per heavy atom. The van der Waals surface area contributed by atoms with E-state index in [-0.39, 0.29) is 17.7 Å². The first kappa shape index (κ1) is 14.5. The lowest BCUT2D eigenvalue weighted by Crippen LogP contribution is -2.59. The molecule has 1 atom stereocenters. The number of benzene rings is 1. The van der Waals surface area contributed by atoms with Gasteiger partial charge in [-0.3, -0.25) is 0 Å². The summed E-state index contributed by atoms with van der Waals surface area (Å²) in [7, 11) is -3.19. The highest BCUT2D eigenvalue weighted by atomic mass is 32.2. The van der Waals surface area contributed by atoms with Crippen LogP contribution in [0, 0.1) is 0 Å². The molecule has 5 heteroatoms. The first-order valence-electron chi connectivity index (χ1n) is 6.79. The smallest absolute Gasteiger partial charge is 0.215 e. The van der Waals surface area contributed by atoms with Gasteiger partial charge in [0, 0.05) is 25.7 Å². The van der Waals surface area contributed by atoms with Crippen LogP contribution < -0.4 is 5.32 Å². The predicted molar refractivity (Wildman–Crippen MR) is 77.7 cm³/mol. The highest BCUT2D eigenvalue weighted by Gasteiger charge is 2.33. The van der Waals surface area contributed by atoms with E-state index in [2.05, 4.69) is 5.32 Å². The van der Waals surface area contributed by atoms with Crippen molar-refractivity contribution in [1.29, 1.82) is 0 Å². The number of sulfonamides is 1. The lowest BCUT2D eigenvalue weighted by Gasteiger charge is -2.37. The van der Waals surface area contributed by atoms with Crippen LogP contribution in [0.1, 0.15) is 25.3 Å². The van der Waals surface area contributed by atoms with Crippen LogP contribution >= 0.6 is 0 Å². The number of nitrogens with one attached hydrogen (secondary N) is 1. The van der Waals surface area contributed by atoms with Crippen molar-refractivity contribution >= 4 is 10.0 Å². The van der Waals surface area contributed by atoms with Crippen LogP contribution in [0.5, 0.6) is 0 Å². The van der Waals surface area contributed by atoms with Crippen LogP contribution in [0.25, 0.3) is 0 Å². The summed E-state index contributed by atoms with van der Waals surface area (Å²) in [5, 5.41) is 3.13. The van der Waals surface area contributed by atoms with Crippen LogP contribution in [0.15, 0.2) is 30.3 Å². The molecular formula is C14H22N2O2S. The van der Waals surface area contributed by atoms with Gasteiger partial charge in [-0.1, -0.05) is 44.2 Å². The second-order valence-corrected chi connectivity index (χ2v) is 7.07. The lowest BCUT2D eigenvalue weighted by atomic mass is 10.0. The highest BCUT2D eigenvalue weighted by Crippen LogP contribution is 2.20. The van der Waals surface area contributed by atoms with Gasteiger partial charge in [0.25, 0.3) is 0 Å². The van der Waals surface area contributed by atoms with Crippen molar-refractivity contribution in [3.63, 3.8) is 0 Å². The Bertz CT molecular complexity index is 497. The third-order valence-electron chi connectivity index (χ3n) is 3.67. The molecule has 19 heavy (non-hydrogen) atoms. The minimum atomic E-state index is -3.19. The second kappa shape index (κ2) is 6.03. The quantitative estimate of drug-likeness (QED) is 0.858. The number of hydrogen-bond acceptors (Lipinski definition) is 3. The molecule has 4 nitrogen and oxygen atoms in total. The van der Waals surface area contributed by atoms with Crippen molar-refractivity contribution < 1.29 is 8.42 Å². The molecule has 1 aliphatic heterocycles. The maximum Gasteiger partial charge on any atom is 0.215 e. The van der Waals surface area contributed by atoms with E-state index in [1.54, 1.807) is 4.31 Å². The number of nitrogens with zero attached hydrogens (tertiary/aromatic N) is 1. The number of likely N-dealkylation sites (N-methyl/N-ethyl adjacent to an activating group) is 1. The molecule has 0 radical (unpaired) electrons. The fourth-order valence-electron chi connectivity index (χ4n) is 2.45. The third kappa shape index (κ3) is 3.35. The molecule has 0 aromatic heterocycles. The largest absolute Gasteiger partial charge is 0.313 e. The summed E-state index contributed by atoms with van der Waals surface area (Å²) in [5.41, 5.74) is 1.08. The van der Waals surface area contributed by atoms with Gasteiger partial charge in [-0.05, 0) is 11.5 Å². The van der Waals surface area contributed by atoms with Gasteiger partial charge >= 0.3 is 0 Å². The Hall–Kier alpha value is -0.910. The van der Waals surface area contributed by atoms with Crippen LogP contribution in [0.4, 0.5) is 0 Å². The number of hydrogen-bond donors (Lipinski definition) is 1. The van der Waals surface area contributed by atoms with Gasteiger partial charge in [-0.25, -0.2) is 8.42 Å². The van der Waals surface area contributed by atoms with Gasteiger partial charge in [-0.15, -0.1) is 0 Å². The molecule has 1 aromatic rings. The van der Waals surface area contributed by atoms with Crippen LogP contribution in [0.2, 0.25) is 0 Å². The Kier molecular flexibility index (Phi) is 4.60. The third-order valence-corrected chi connectivity index (χ3v) is 5.86. The Labute approximate surface area is 115 Å². The first-order valence-corrected chi connectivity index (χ1v) is 8.40. The van der Waals surface area contributed by atoms with Gasteiger partial charge in [0.2, 0.25) is 10.0 Å². The zero-order valence-electron chi connectivity index (χ0n) is 11.5. The van der Waals surface area contributed by atoms with Crippen LogP contribution in [-0.4, -0.2) is 44.2 Å². The topological polar surface area (TPSA) is 49.4 Å². The monoisotopic (exact) mass is 282 g/mol. The summed E-state index contributed by atoms with van der Waals surface area (Å²) in [4.78, 5) is 0. The summed E-state index contributed by atoms with van der Waals surface area (Å²) >= 11 is 0. The molecule has 2 rings (SSSR count). The molecule has 1 heterocycles. The van der Waals surface area contributed by atoms with Crippen molar-refractivity contribution in [2.75, 3.05) is 25.4 Å². The van der Waals surface area contributed by atoms with Crippen molar-refractivity contribution in [2.24, 2.45) is 0 Å². The van der Waals surface area contributed by atoms with Crippen molar-refractivity contribution in [3.8, 4) is 0 Å². The average molecular weight is 282 g/mol. The molecule has 1 fully saturated rings. The molecule has 0 saturated carbocycles. The summed E-state index contributed by atoms with van der Waals surface area (Å²) in [6.45, 7) is 5.97.